The van der Waals surface area contributed by atoms with Crippen molar-refractivity contribution >= 4 is 11.7 Å². The summed E-state index contributed by atoms with van der Waals surface area (Å²) in [4.78, 5) is 10.8. The standard InChI is InChI=1S/C14H16F3NO2/c15-14(16,17)10-4-6-11(7-5-10)18-12-3-1-2-9(8-12)13(19)20/h1-3,8,10-11,18H,4-7H2,(H,19,20). The van der Waals surface area contributed by atoms with Gasteiger partial charge in [0, 0.05) is 11.7 Å². The van der Waals surface area contributed by atoms with Gasteiger partial charge in [-0.2, -0.15) is 13.2 Å². The Labute approximate surface area is 114 Å². The fraction of sp³-hybridized carbons (Fsp3) is 0.500. The fourth-order valence-corrected chi connectivity index (χ4v) is 2.54. The van der Waals surface area contributed by atoms with Gasteiger partial charge in [-0.1, -0.05) is 6.07 Å². The Bertz CT molecular complexity index is 480. The lowest BCUT2D eigenvalue weighted by Gasteiger charge is -2.30. The number of halogens is 3. The van der Waals surface area contributed by atoms with Gasteiger partial charge in [0.05, 0.1) is 11.5 Å². The van der Waals surface area contributed by atoms with Crippen LogP contribution in [-0.2, 0) is 0 Å². The van der Waals surface area contributed by atoms with Crippen molar-refractivity contribution in [1.82, 2.24) is 0 Å². The second kappa shape index (κ2) is 5.73. The number of benzene rings is 1. The second-order valence-corrected chi connectivity index (χ2v) is 5.12. The zero-order valence-corrected chi connectivity index (χ0v) is 10.8. The quantitative estimate of drug-likeness (QED) is 0.886. The summed E-state index contributed by atoms with van der Waals surface area (Å²) in [6, 6.07) is 6.29. The second-order valence-electron chi connectivity index (χ2n) is 5.12. The van der Waals surface area contributed by atoms with Crippen LogP contribution in [0, 0.1) is 5.92 Å². The number of carbonyl (C=O) groups is 1. The zero-order valence-electron chi connectivity index (χ0n) is 10.8. The molecule has 2 N–H and O–H groups in total. The van der Waals surface area contributed by atoms with Gasteiger partial charge >= 0.3 is 12.1 Å². The molecule has 1 saturated carbocycles. The van der Waals surface area contributed by atoms with E-state index < -0.39 is 18.1 Å². The maximum Gasteiger partial charge on any atom is 0.391 e. The number of aromatic carboxylic acids is 1. The van der Waals surface area contributed by atoms with E-state index in [4.69, 9.17) is 5.11 Å². The topological polar surface area (TPSA) is 49.3 Å². The molecular formula is C14H16F3NO2. The first-order valence-electron chi connectivity index (χ1n) is 6.53. The van der Waals surface area contributed by atoms with E-state index >= 15 is 0 Å². The van der Waals surface area contributed by atoms with E-state index in [0.717, 1.165) is 0 Å². The molecule has 0 aromatic heterocycles. The van der Waals surface area contributed by atoms with Crippen molar-refractivity contribution in [2.45, 2.75) is 37.9 Å². The van der Waals surface area contributed by atoms with Gasteiger partial charge in [0.25, 0.3) is 0 Å². The molecule has 0 heterocycles. The molecule has 3 nitrogen and oxygen atoms in total. The number of hydrogen-bond donors (Lipinski definition) is 2. The zero-order chi connectivity index (χ0) is 14.8. The Morgan fingerprint density at radius 3 is 2.40 bits per heavy atom. The molecule has 0 radical (unpaired) electrons. The van der Waals surface area contributed by atoms with Crippen molar-refractivity contribution in [2.75, 3.05) is 5.32 Å². The van der Waals surface area contributed by atoms with Gasteiger partial charge in [0.2, 0.25) is 0 Å². The number of carboxylic acid groups (broad SMARTS) is 1. The molecule has 2 rings (SSSR count). The first kappa shape index (κ1) is 14.7. The largest absolute Gasteiger partial charge is 0.478 e. The van der Waals surface area contributed by atoms with Crippen LogP contribution < -0.4 is 5.32 Å². The number of hydrogen-bond acceptors (Lipinski definition) is 2. The van der Waals surface area contributed by atoms with E-state index in [1.807, 2.05) is 0 Å². The molecule has 0 saturated heterocycles. The lowest BCUT2D eigenvalue weighted by atomic mass is 9.85. The first-order valence-corrected chi connectivity index (χ1v) is 6.53. The highest BCUT2D eigenvalue weighted by Gasteiger charge is 2.41. The molecule has 110 valence electrons. The number of alkyl halides is 3. The molecule has 20 heavy (non-hydrogen) atoms. The molecule has 1 aliphatic rings. The molecule has 1 aromatic rings. The highest BCUT2D eigenvalue weighted by atomic mass is 19.4. The van der Waals surface area contributed by atoms with E-state index in [-0.39, 0.29) is 24.4 Å². The summed E-state index contributed by atoms with van der Waals surface area (Å²) in [5.41, 5.74) is 0.805. The lowest BCUT2D eigenvalue weighted by Crippen LogP contribution is -2.32. The minimum atomic E-state index is -4.10. The van der Waals surface area contributed by atoms with Gasteiger partial charge < -0.3 is 10.4 Å². The molecule has 1 aliphatic carbocycles. The van der Waals surface area contributed by atoms with Crippen LogP contribution in [-0.4, -0.2) is 23.3 Å². The molecule has 0 amide bonds. The normalized spacial score (nSPS) is 23.4. The summed E-state index contributed by atoms with van der Waals surface area (Å²) in [6.07, 6.45) is -2.96. The smallest absolute Gasteiger partial charge is 0.391 e. The van der Waals surface area contributed by atoms with E-state index in [0.29, 0.717) is 18.5 Å². The van der Waals surface area contributed by atoms with Crippen molar-refractivity contribution in [1.29, 1.82) is 0 Å². The Morgan fingerprint density at radius 2 is 1.85 bits per heavy atom. The van der Waals surface area contributed by atoms with Gasteiger partial charge in [0.15, 0.2) is 0 Å². The Kier molecular flexibility index (Phi) is 4.20. The van der Waals surface area contributed by atoms with Crippen molar-refractivity contribution in [2.24, 2.45) is 5.92 Å². The molecule has 0 unspecified atom stereocenters. The monoisotopic (exact) mass is 287 g/mol. The van der Waals surface area contributed by atoms with Crippen LogP contribution in [0.3, 0.4) is 0 Å². The van der Waals surface area contributed by atoms with Crippen LogP contribution in [0.5, 0.6) is 0 Å². The molecular weight excluding hydrogens is 271 g/mol. The van der Waals surface area contributed by atoms with E-state index in [1.54, 1.807) is 12.1 Å². The number of rotatable bonds is 3. The summed E-state index contributed by atoms with van der Waals surface area (Å²) < 4.78 is 37.7. The summed E-state index contributed by atoms with van der Waals surface area (Å²) in [6.45, 7) is 0. The third-order valence-corrected chi connectivity index (χ3v) is 3.67. The van der Waals surface area contributed by atoms with Crippen molar-refractivity contribution in [3.63, 3.8) is 0 Å². The molecule has 0 bridgehead atoms. The van der Waals surface area contributed by atoms with Crippen LogP contribution in [0.2, 0.25) is 0 Å². The van der Waals surface area contributed by atoms with Crippen molar-refractivity contribution in [3.8, 4) is 0 Å². The van der Waals surface area contributed by atoms with Gasteiger partial charge in [-0.15, -0.1) is 0 Å². The summed E-state index contributed by atoms with van der Waals surface area (Å²) >= 11 is 0. The highest BCUT2D eigenvalue weighted by molar-refractivity contribution is 5.88. The minimum absolute atomic E-state index is 0.0300. The molecule has 1 fully saturated rings. The molecule has 0 spiro atoms. The predicted octanol–water partition coefficient (Wildman–Crippen LogP) is 3.92. The molecule has 6 heteroatoms. The maximum atomic E-state index is 12.6. The number of anilines is 1. The van der Waals surface area contributed by atoms with E-state index in [9.17, 15) is 18.0 Å². The van der Waals surface area contributed by atoms with Crippen LogP contribution in [0.25, 0.3) is 0 Å². The summed E-state index contributed by atoms with van der Waals surface area (Å²) in [7, 11) is 0. The predicted molar refractivity (Wildman–Crippen MR) is 68.8 cm³/mol. The third kappa shape index (κ3) is 3.65. The van der Waals surface area contributed by atoms with E-state index in [1.165, 1.54) is 12.1 Å². The summed E-state index contributed by atoms with van der Waals surface area (Å²) in [5, 5.41) is 12.0. The average molecular weight is 287 g/mol. The molecule has 0 aliphatic heterocycles. The minimum Gasteiger partial charge on any atom is -0.478 e. The lowest BCUT2D eigenvalue weighted by molar-refractivity contribution is -0.182. The number of nitrogens with one attached hydrogen (secondary N) is 1. The molecule has 0 atom stereocenters. The SMILES string of the molecule is O=C(O)c1cccc(NC2CCC(C(F)(F)F)CC2)c1. The van der Waals surface area contributed by atoms with Gasteiger partial charge in [-0.05, 0) is 43.9 Å². The first-order chi connectivity index (χ1) is 9.36. The van der Waals surface area contributed by atoms with Gasteiger partial charge in [0.1, 0.15) is 0 Å². The van der Waals surface area contributed by atoms with Crippen LogP contribution in [0.15, 0.2) is 24.3 Å². The number of carboxylic acids is 1. The van der Waals surface area contributed by atoms with Gasteiger partial charge in [-0.25, -0.2) is 4.79 Å². The maximum absolute atomic E-state index is 12.6. The Hall–Kier alpha value is -1.72. The van der Waals surface area contributed by atoms with Gasteiger partial charge in [-0.3, -0.25) is 0 Å². The molecule has 1 aromatic carbocycles. The van der Waals surface area contributed by atoms with Crippen LogP contribution >= 0.6 is 0 Å². The summed E-state index contributed by atoms with van der Waals surface area (Å²) in [5.74, 6) is -2.22. The van der Waals surface area contributed by atoms with E-state index in [2.05, 4.69) is 5.32 Å². The Morgan fingerprint density at radius 1 is 1.20 bits per heavy atom. The fourth-order valence-electron chi connectivity index (χ4n) is 2.54. The van der Waals surface area contributed by atoms with Crippen LogP contribution in [0.1, 0.15) is 36.0 Å². The average Bonchev–Trinajstić information content (AvgIpc) is 2.38. The van der Waals surface area contributed by atoms with Crippen LogP contribution in [0.4, 0.5) is 18.9 Å². The third-order valence-electron chi connectivity index (χ3n) is 3.67. The van der Waals surface area contributed by atoms with Crippen molar-refractivity contribution < 1.29 is 23.1 Å². The highest BCUT2D eigenvalue weighted by Crippen LogP contribution is 2.38. The van der Waals surface area contributed by atoms with Crippen molar-refractivity contribution in [3.05, 3.63) is 29.8 Å². The Balaban J connectivity index is 1.93.